The number of benzene rings is 1. The van der Waals surface area contributed by atoms with Gasteiger partial charge in [-0.3, -0.25) is 14.4 Å². The molecule has 8 N–H and O–H groups in total. The Morgan fingerprint density at radius 3 is 2.25 bits per heavy atom. The first-order valence-corrected chi connectivity index (χ1v) is 12.5. The minimum absolute atomic E-state index is 0.0775. The molecule has 1 aromatic rings. The van der Waals surface area contributed by atoms with Gasteiger partial charge in [0.1, 0.15) is 23.9 Å². The predicted molar refractivity (Wildman–Crippen MR) is 134 cm³/mol. The van der Waals surface area contributed by atoms with E-state index in [1.54, 1.807) is 26.0 Å². The van der Waals surface area contributed by atoms with Crippen molar-refractivity contribution in [2.75, 3.05) is 13.1 Å². The Labute approximate surface area is 211 Å². The van der Waals surface area contributed by atoms with Crippen LogP contribution >= 0.6 is 0 Å². The van der Waals surface area contributed by atoms with Gasteiger partial charge in [-0.2, -0.15) is 0 Å². The number of unbranched alkanes of at least 4 members (excludes halogenated alkanes) is 1. The molecule has 1 fully saturated rings. The summed E-state index contributed by atoms with van der Waals surface area (Å²) in [4.78, 5) is 50.7. The number of carbonyl (C=O) groups excluding carboxylic acids is 3. The van der Waals surface area contributed by atoms with Crippen LogP contribution in [-0.2, 0) is 25.6 Å². The molecule has 1 heterocycles. The van der Waals surface area contributed by atoms with Gasteiger partial charge in [-0.05, 0) is 68.8 Å². The van der Waals surface area contributed by atoms with Crippen LogP contribution in [0.25, 0.3) is 0 Å². The Balaban J connectivity index is 2.20. The van der Waals surface area contributed by atoms with Crippen LogP contribution in [0.15, 0.2) is 24.3 Å². The summed E-state index contributed by atoms with van der Waals surface area (Å²) < 4.78 is 0. The second-order valence-electron chi connectivity index (χ2n) is 9.49. The van der Waals surface area contributed by atoms with Crippen molar-refractivity contribution in [1.29, 1.82) is 0 Å². The van der Waals surface area contributed by atoms with Crippen molar-refractivity contribution < 1.29 is 29.4 Å². The second kappa shape index (κ2) is 14.4. The smallest absolute Gasteiger partial charge is 0.326 e. The number of amides is 3. The maximum atomic E-state index is 13.3. The normalized spacial score (nSPS) is 17.7. The summed E-state index contributed by atoms with van der Waals surface area (Å²) in [7, 11) is 0. The van der Waals surface area contributed by atoms with Crippen molar-refractivity contribution in [1.82, 2.24) is 21.3 Å². The quantitative estimate of drug-likeness (QED) is 0.173. The Hall–Kier alpha value is -3.18. The number of nitrogens with two attached hydrogens (primary N) is 1. The van der Waals surface area contributed by atoms with E-state index in [2.05, 4.69) is 21.3 Å². The van der Waals surface area contributed by atoms with Crippen LogP contribution in [0, 0.1) is 5.92 Å². The van der Waals surface area contributed by atoms with Crippen molar-refractivity contribution in [2.45, 2.75) is 76.5 Å². The number of nitrogens with one attached hydrogen (secondary N) is 4. The fourth-order valence-electron chi connectivity index (χ4n) is 4.06. The molecule has 1 saturated heterocycles. The Morgan fingerprint density at radius 1 is 1.03 bits per heavy atom. The van der Waals surface area contributed by atoms with Crippen molar-refractivity contribution in [2.24, 2.45) is 11.7 Å². The van der Waals surface area contributed by atoms with E-state index in [1.807, 2.05) is 0 Å². The first kappa shape index (κ1) is 29.1. The molecule has 4 atom stereocenters. The first-order chi connectivity index (χ1) is 17.1. The number of carboxylic acid groups (broad SMARTS) is 1. The molecule has 200 valence electrons. The van der Waals surface area contributed by atoms with E-state index < -0.39 is 42.0 Å². The monoisotopic (exact) mass is 505 g/mol. The third-order valence-corrected chi connectivity index (χ3v) is 6.20. The van der Waals surface area contributed by atoms with E-state index in [9.17, 15) is 29.4 Å². The molecule has 0 aliphatic carbocycles. The van der Waals surface area contributed by atoms with Crippen LogP contribution in [0.2, 0.25) is 0 Å². The number of aliphatic carboxylic acids is 1. The molecule has 0 spiro atoms. The van der Waals surface area contributed by atoms with Crippen LogP contribution in [0.3, 0.4) is 0 Å². The summed E-state index contributed by atoms with van der Waals surface area (Å²) >= 11 is 0. The molecule has 1 aliphatic heterocycles. The molecule has 1 aliphatic rings. The van der Waals surface area contributed by atoms with Gasteiger partial charge in [0, 0.05) is 6.42 Å². The molecule has 0 saturated carbocycles. The van der Waals surface area contributed by atoms with Gasteiger partial charge in [0.25, 0.3) is 0 Å². The van der Waals surface area contributed by atoms with Crippen molar-refractivity contribution in [3.8, 4) is 5.75 Å². The van der Waals surface area contributed by atoms with Gasteiger partial charge < -0.3 is 37.2 Å². The molecule has 0 aromatic heterocycles. The standard InChI is InChI=1S/C25H39N5O6/c1-15(2)21(25(35)36)30-23(33)19(6-3-4-12-26)28-24(34)20(14-16-8-10-17(31)11-9-16)29-22(32)18-7-5-13-27-18/h8-11,15,18-21,27,31H,3-7,12-14,26H2,1-2H3,(H,28,34)(H,29,32)(H,30,33)(H,35,36). The Kier molecular flexibility index (Phi) is 11.6. The number of hydrogen-bond donors (Lipinski definition) is 7. The summed E-state index contributed by atoms with van der Waals surface area (Å²) in [5.74, 6) is -2.90. The molecule has 0 bridgehead atoms. The lowest BCUT2D eigenvalue weighted by molar-refractivity contribution is -0.143. The van der Waals surface area contributed by atoms with E-state index >= 15 is 0 Å². The summed E-state index contributed by atoms with van der Waals surface area (Å²) in [6, 6.07) is 2.82. The first-order valence-electron chi connectivity index (χ1n) is 12.5. The highest BCUT2D eigenvalue weighted by atomic mass is 16.4. The SMILES string of the molecule is CC(C)C(NC(=O)C(CCCCN)NC(=O)C(Cc1ccc(O)cc1)NC(=O)C1CCCN1)C(=O)O. The number of phenols is 1. The van der Waals surface area contributed by atoms with E-state index in [1.165, 1.54) is 12.1 Å². The fraction of sp³-hybridized carbons (Fsp3) is 0.600. The molecule has 11 nitrogen and oxygen atoms in total. The van der Waals surface area contributed by atoms with E-state index in [0.717, 1.165) is 13.0 Å². The topological polar surface area (TPSA) is 183 Å². The number of carboxylic acids is 1. The van der Waals surface area contributed by atoms with Gasteiger partial charge in [0.15, 0.2) is 0 Å². The molecular weight excluding hydrogens is 466 g/mol. The van der Waals surface area contributed by atoms with Gasteiger partial charge in [0.05, 0.1) is 6.04 Å². The van der Waals surface area contributed by atoms with Gasteiger partial charge in [-0.1, -0.05) is 26.0 Å². The molecule has 3 amide bonds. The predicted octanol–water partition coefficient (Wildman–Crippen LogP) is 0.0107. The summed E-state index contributed by atoms with van der Waals surface area (Å²) in [6.45, 7) is 4.50. The lowest BCUT2D eigenvalue weighted by Crippen LogP contribution is -2.58. The number of aromatic hydroxyl groups is 1. The largest absolute Gasteiger partial charge is 0.508 e. The second-order valence-corrected chi connectivity index (χ2v) is 9.49. The van der Waals surface area contributed by atoms with Gasteiger partial charge in [0.2, 0.25) is 17.7 Å². The highest BCUT2D eigenvalue weighted by Crippen LogP contribution is 2.13. The van der Waals surface area contributed by atoms with Gasteiger partial charge in [-0.25, -0.2) is 4.79 Å². The molecule has 0 radical (unpaired) electrons. The Bertz CT molecular complexity index is 885. The van der Waals surface area contributed by atoms with Crippen molar-refractivity contribution in [3.05, 3.63) is 29.8 Å². The zero-order valence-electron chi connectivity index (χ0n) is 21.0. The highest BCUT2D eigenvalue weighted by Gasteiger charge is 2.32. The minimum Gasteiger partial charge on any atom is -0.508 e. The van der Waals surface area contributed by atoms with E-state index in [-0.39, 0.29) is 30.4 Å². The molecular formula is C25H39N5O6. The van der Waals surface area contributed by atoms with Crippen LogP contribution in [0.1, 0.15) is 51.5 Å². The molecule has 2 rings (SSSR count). The van der Waals surface area contributed by atoms with Crippen LogP contribution in [-0.4, -0.2) is 71.2 Å². The maximum absolute atomic E-state index is 13.3. The molecule has 1 aromatic carbocycles. The number of phenolic OH excluding ortho intramolecular Hbond substituents is 1. The third kappa shape index (κ3) is 9.12. The average Bonchev–Trinajstić information content (AvgIpc) is 3.37. The van der Waals surface area contributed by atoms with Crippen LogP contribution in [0.4, 0.5) is 0 Å². The van der Waals surface area contributed by atoms with Crippen LogP contribution < -0.4 is 27.0 Å². The number of rotatable bonds is 14. The van der Waals surface area contributed by atoms with Gasteiger partial charge >= 0.3 is 5.97 Å². The molecule has 11 heteroatoms. The van der Waals surface area contributed by atoms with Gasteiger partial charge in [-0.15, -0.1) is 0 Å². The fourth-order valence-corrected chi connectivity index (χ4v) is 4.06. The van der Waals surface area contributed by atoms with Crippen molar-refractivity contribution in [3.63, 3.8) is 0 Å². The molecule has 4 unspecified atom stereocenters. The number of hydrogen-bond acceptors (Lipinski definition) is 7. The zero-order valence-corrected chi connectivity index (χ0v) is 21.0. The average molecular weight is 506 g/mol. The summed E-state index contributed by atoms with van der Waals surface area (Å²) in [5.41, 5.74) is 6.29. The molecule has 36 heavy (non-hydrogen) atoms. The maximum Gasteiger partial charge on any atom is 0.326 e. The zero-order chi connectivity index (χ0) is 26.7. The summed E-state index contributed by atoms with van der Waals surface area (Å²) in [5, 5.41) is 30.1. The highest BCUT2D eigenvalue weighted by molar-refractivity contribution is 5.94. The van der Waals surface area contributed by atoms with Crippen LogP contribution in [0.5, 0.6) is 5.75 Å². The lowest BCUT2D eigenvalue weighted by Gasteiger charge is -2.26. The summed E-state index contributed by atoms with van der Waals surface area (Å²) in [6.07, 6.45) is 3.11. The van der Waals surface area contributed by atoms with Crippen molar-refractivity contribution >= 4 is 23.7 Å². The Morgan fingerprint density at radius 2 is 1.69 bits per heavy atom. The van der Waals surface area contributed by atoms with E-state index in [4.69, 9.17) is 5.73 Å². The minimum atomic E-state index is -1.16. The number of carbonyl (C=O) groups is 4. The lowest BCUT2D eigenvalue weighted by atomic mass is 10.0. The van der Waals surface area contributed by atoms with E-state index in [0.29, 0.717) is 31.4 Å². The third-order valence-electron chi connectivity index (χ3n) is 6.20.